The second-order valence-corrected chi connectivity index (χ2v) is 20.7. The van der Waals surface area contributed by atoms with Crippen molar-refractivity contribution in [3.63, 3.8) is 0 Å². The quantitative estimate of drug-likeness (QED) is 0.0393. The highest BCUT2D eigenvalue weighted by Gasteiger charge is 2.51. The van der Waals surface area contributed by atoms with Crippen LogP contribution in [0.3, 0.4) is 0 Å². The van der Waals surface area contributed by atoms with Gasteiger partial charge in [0.05, 0.1) is 31.8 Å². The fourth-order valence-electron chi connectivity index (χ4n) is 8.35. The van der Waals surface area contributed by atoms with Gasteiger partial charge in [0.25, 0.3) is 0 Å². The second kappa shape index (κ2) is 22.8. The van der Waals surface area contributed by atoms with Crippen molar-refractivity contribution >= 4 is 62.2 Å². The van der Waals surface area contributed by atoms with Crippen molar-refractivity contribution in [3.05, 3.63) is 180 Å². The van der Waals surface area contributed by atoms with Crippen LogP contribution in [0, 0.1) is 23.7 Å². The van der Waals surface area contributed by atoms with Gasteiger partial charge in [0, 0.05) is 8.95 Å². The van der Waals surface area contributed by atoms with Gasteiger partial charge in [0.2, 0.25) is 0 Å². The Labute approximate surface area is 418 Å². The number of hydrogen-bond donors (Lipinski definition) is 0. The number of allylic oxidation sites excluding steroid dienone is 2. The highest BCUT2D eigenvalue weighted by molar-refractivity contribution is 9.10. The highest BCUT2D eigenvalue weighted by atomic mass is 79.9. The van der Waals surface area contributed by atoms with E-state index in [2.05, 4.69) is 227 Å². The van der Waals surface area contributed by atoms with Crippen molar-refractivity contribution in [2.24, 2.45) is 23.7 Å². The molecule has 350 valence electrons. The van der Waals surface area contributed by atoms with Crippen molar-refractivity contribution in [1.82, 2.24) is 0 Å². The SMILES string of the molecule is C=C(OCC(C)CC)/C(=C\C1=Cc2cc(OCC(C)CC)c(OCC(C)CC)cc2C12c1cc(/C=C/c3ccc(Br)cc3)ccc1-c1ccc(/C=C/c3ccc(Br)cc3)cc12)OCC(C)CC. The lowest BCUT2D eigenvalue weighted by molar-refractivity contribution is 0.117. The summed E-state index contributed by atoms with van der Waals surface area (Å²) in [6.07, 6.45) is 17.4. The standard InChI is InChI=1S/C61H68Br2O4/c1-10-40(5)36-64-44(9)58(65-37-41(6)11-2)34-50-32-49-33-59(66-38-42(7)12-3)60(67-39-43(8)13-4)35-55(49)61(50)56-30-47(16-14-45-18-24-51(62)25-19-45)22-28-53(56)54-29-23-48(31-57(54)61)17-15-46-20-26-52(63)27-21-46/h14-35,40-43H,9-13,36-39H2,1-8H3/b16-14+,17-15+,58-34+. The molecule has 6 heteroatoms. The fraction of sp³-hybridized carbons (Fsp3) is 0.344. The molecular formula is C61H68Br2O4. The Morgan fingerprint density at radius 3 is 1.42 bits per heavy atom. The minimum Gasteiger partial charge on any atom is -0.490 e. The molecule has 67 heavy (non-hydrogen) atoms. The minimum absolute atomic E-state index is 0.345. The molecule has 4 unspecified atom stereocenters. The van der Waals surface area contributed by atoms with Gasteiger partial charge in [-0.25, -0.2) is 0 Å². The zero-order valence-corrected chi connectivity index (χ0v) is 43.9. The van der Waals surface area contributed by atoms with Crippen LogP contribution in [0.25, 0.3) is 41.5 Å². The van der Waals surface area contributed by atoms with Crippen LogP contribution in [0.15, 0.2) is 136 Å². The maximum absolute atomic E-state index is 6.84. The average molecular weight is 1030 g/mol. The molecule has 0 N–H and O–H groups in total. The molecule has 0 amide bonds. The van der Waals surface area contributed by atoms with Gasteiger partial charge < -0.3 is 18.9 Å². The van der Waals surface area contributed by atoms with Gasteiger partial charge in [-0.2, -0.15) is 0 Å². The van der Waals surface area contributed by atoms with E-state index in [-0.39, 0.29) is 0 Å². The van der Waals surface area contributed by atoms with E-state index < -0.39 is 5.41 Å². The molecule has 0 saturated carbocycles. The minimum atomic E-state index is -0.769. The summed E-state index contributed by atoms with van der Waals surface area (Å²) in [4.78, 5) is 0. The molecule has 0 saturated heterocycles. The number of benzene rings is 5. The van der Waals surface area contributed by atoms with E-state index in [0.29, 0.717) is 61.6 Å². The number of fused-ring (bicyclic) bond motifs is 7. The molecule has 0 radical (unpaired) electrons. The third-order valence-electron chi connectivity index (χ3n) is 13.6. The van der Waals surface area contributed by atoms with Gasteiger partial charge in [0.1, 0.15) is 0 Å². The first-order valence-electron chi connectivity index (χ1n) is 24.4. The third kappa shape index (κ3) is 11.6. The van der Waals surface area contributed by atoms with Crippen molar-refractivity contribution in [3.8, 4) is 22.6 Å². The predicted molar refractivity (Wildman–Crippen MR) is 290 cm³/mol. The van der Waals surface area contributed by atoms with Crippen LogP contribution in [-0.4, -0.2) is 26.4 Å². The molecule has 5 aromatic carbocycles. The molecule has 4 atom stereocenters. The molecule has 2 aliphatic rings. The van der Waals surface area contributed by atoms with Gasteiger partial charge in [-0.05, 0) is 146 Å². The van der Waals surface area contributed by atoms with Gasteiger partial charge in [0.15, 0.2) is 23.0 Å². The number of halogens is 2. The zero-order chi connectivity index (χ0) is 47.7. The Bertz CT molecular complexity index is 2530. The van der Waals surface area contributed by atoms with Crippen LogP contribution in [-0.2, 0) is 14.9 Å². The predicted octanol–water partition coefficient (Wildman–Crippen LogP) is 17.6. The molecule has 4 nitrogen and oxygen atoms in total. The number of rotatable bonds is 22. The van der Waals surface area contributed by atoms with Crippen LogP contribution in [0.2, 0.25) is 0 Å². The summed E-state index contributed by atoms with van der Waals surface area (Å²) in [5, 5.41) is 0. The van der Waals surface area contributed by atoms with Gasteiger partial charge >= 0.3 is 0 Å². The maximum Gasteiger partial charge on any atom is 0.161 e. The monoisotopic (exact) mass is 1020 g/mol. The van der Waals surface area contributed by atoms with Gasteiger partial charge in [-0.15, -0.1) is 0 Å². The van der Waals surface area contributed by atoms with Crippen molar-refractivity contribution in [2.45, 2.75) is 86.5 Å². The molecule has 0 bridgehead atoms. The summed E-state index contributed by atoms with van der Waals surface area (Å²) in [5.74, 6) is 4.21. The second-order valence-electron chi connectivity index (χ2n) is 18.8. The Kier molecular flexibility index (Phi) is 17.0. The van der Waals surface area contributed by atoms with E-state index in [1.807, 2.05) is 0 Å². The normalized spacial score (nSPS) is 15.5. The van der Waals surface area contributed by atoms with Crippen molar-refractivity contribution < 1.29 is 18.9 Å². The summed E-state index contributed by atoms with van der Waals surface area (Å²) >= 11 is 7.21. The first kappa shape index (κ1) is 49.9. The first-order valence-corrected chi connectivity index (χ1v) is 25.9. The molecule has 1 spiro atoms. The summed E-state index contributed by atoms with van der Waals surface area (Å²) in [5.41, 5.74) is 11.8. The topological polar surface area (TPSA) is 36.9 Å². The van der Waals surface area contributed by atoms with Gasteiger partial charge in [-0.3, -0.25) is 0 Å². The lowest BCUT2D eigenvalue weighted by Gasteiger charge is -2.33. The average Bonchev–Trinajstić information content (AvgIpc) is 3.82. The zero-order valence-electron chi connectivity index (χ0n) is 40.8. The van der Waals surface area contributed by atoms with Crippen molar-refractivity contribution in [2.75, 3.05) is 26.4 Å². The first-order chi connectivity index (χ1) is 32.4. The molecule has 2 aliphatic carbocycles. The van der Waals surface area contributed by atoms with Crippen LogP contribution < -0.4 is 9.47 Å². The Morgan fingerprint density at radius 2 is 0.940 bits per heavy atom. The Hall–Kier alpha value is -5.04. The summed E-state index contributed by atoms with van der Waals surface area (Å²) in [6, 6.07) is 35.2. The van der Waals surface area contributed by atoms with E-state index in [1.54, 1.807) is 0 Å². The molecule has 0 aliphatic heterocycles. The molecule has 7 rings (SSSR count). The highest BCUT2D eigenvalue weighted by Crippen LogP contribution is 2.62. The largest absolute Gasteiger partial charge is 0.490 e. The number of ether oxygens (including phenoxy) is 4. The Morgan fingerprint density at radius 1 is 0.522 bits per heavy atom. The van der Waals surface area contributed by atoms with E-state index in [0.717, 1.165) is 85.1 Å². The summed E-state index contributed by atoms with van der Waals surface area (Å²) < 4.78 is 29.0. The molecule has 0 aromatic heterocycles. The lowest BCUT2D eigenvalue weighted by atomic mass is 9.69. The molecule has 5 aromatic rings. The van der Waals surface area contributed by atoms with E-state index in [9.17, 15) is 0 Å². The Balaban J connectivity index is 1.51. The van der Waals surface area contributed by atoms with Crippen LogP contribution in [0.1, 0.15) is 126 Å². The summed E-state index contributed by atoms with van der Waals surface area (Å²) in [6.45, 7) is 24.6. The third-order valence-corrected chi connectivity index (χ3v) is 14.6. The number of hydrogen-bond acceptors (Lipinski definition) is 4. The molecule has 0 fully saturated rings. The van der Waals surface area contributed by atoms with E-state index >= 15 is 0 Å². The van der Waals surface area contributed by atoms with E-state index in [4.69, 9.17) is 18.9 Å². The van der Waals surface area contributed by atoms with E-state index in [1.165, 1.54) is 22.3 Å². The smallest absolute Gasteiger partial charge is 0.161 e. The van der Waals surface area contributed by atoms with Crippen LogP contribution in [0.4, 0.5) is 0 Å². The molecular weight excluding hydrogens is 956 g/mol. The summed E-state index contributed by atoms with van der Waals surface area (Å²) in [7, 11) is 0. The lowest BCUT2D eigenvalue weighted by Crippen LogP contribution is -2.27. The van der Waals surface area contributed by atoms with Crippen molar-refractivity contribution in [1.29, 1.82) is 0 Å². The fourth-order valence-corrected chi connectivity index (χ4v) is 8.88. The van der Waals surface area contributed by atoms with Crippen LogP contribution in [0.5, 0.6) is 11.5 Å². The maximum atomic E-state index is 6.84. The van der Waals surface area contributed by atoms with Crippen LogP contribution >= 0.6 is 31.9 Å². The molecule has 0 heterocycles. The van der Waals surface area contributed by atoms with Gasteiger partial charge in [-0.1, -0.05) is 192 Å².